The zero-order chi connectivity index (χ0) is 17.1. The van der Waals surface area contributed by atoms with Gasteiger partial charge in [-0.15, -0.1) is 0 Å². The van der Waals surface area contributed by atoms with E-state index in [4.69, 9.17) is 9.47 Å². The summed E-state index contributed by atoms with van der Waals surface area (Å²) in [5.74, 6) is 0.174. The van der Waals surface area contributed by atoms with E-state index in [2.05, 4.69) is 0 Å². The topological polar surface area (TPSA) is 55.8 Å². The number of cyclic esters (lactones) is 1. The van der Waals surface area contributed by atoms with Crippen LogP contribution in [0.15, 0.2) is 60.7 Å². The van der Waals surface area contributed by atoms with E-state index in [0.717, 1.165) is 10.5 Å². The molecule has 0 unspecified atom stereocenters. The molecule has 1 heterocycles. The van der Waals surface area contributed by atoms with Crippen LogP contribution in [-0.4, -0.2) is 29.0 Å². The van der Waals surface area contributed by atoms with Gasteiger partial charge in [-0.1, -0.05) is 48.5 Å². The molecule has 2 aromatic rings. The fourth-order valence-corrected chi connectivity index (χ4v) is 2.79. The van der Waals surface area contributed by atoms with Crippen molar-refractivity contribution in [2.45, 2.75) is 32.1 Å². The summed E-state index contributed by atoms with van der Waals surface area (Å²) < 4.78 is 11.0. The lowest BCUT2D eigenvalue weighted by molar-refractivity contribution is -0.135. The average Bonchev–Trinajstić information content (AvgIpc) is 2.90. The lowest BCUT2D eigenvalue weighted by Crippen LogP contribution is -2.44. The first-order chi connectivity index (χ1) is 11.6. The largest absolute Gasteiger partial charge is 0.481 e. The molecule has 0 radical (unpaired) electrons. The summed E-state index contributed by atoms with van der Waals surface area (Å²) >= 11 is 0. The van der Waals surface area contributed by atoms with E-state index in [1.54, 1.807) is 26.0 Å². The number of carbonyl (C=O) groups is 2. The number of nitrogens with zero attached hydrogens (tertiary/aromatic N) is 1. The predicted molar refractivity (Wildman–Crippen MR) is 88.5 cm³/mol. The van der Waals surface area contributed by atoms with Gasteiger partial charge < -0.3 is 9.47 Å². The molecule has 5 nitrogen and oxygen atoms in total. The number of benzene rings is 2. The van der Waals surface area contributed by atoms with Gasteiger partial charge >= 0.3 is 6.09 Å². The van der Waals surface area contributed by atoms with Crippen LogP contribution in [-0.2, 0) is 9.53 Å². The maximum Gasteiger partial charge on any atom is 0.417 e. The minimum Gasteiger partial charge on any atom is -0.481 e. The van der Waals surface area contributed by atoms with Crippen molar-refractivity contribution in [3.63, 3.8) is 0 Å². The summed E-state index contributed by atoms with van der Waals surface area (Å²) in [6, 6.07) is 18.1. The number of carbonyl (C=O) groups excluding carboxylic acids is 2. The molecule has 1 aliphatic rings. The van der Waals surface area contributed by atoms with Gasteiger partial charge in [0.15, 0.2) is 6.10 Å². The van der Waals surface area contributed by atoms with E-state index in [1.165, 1.54) is 0 Å². The van der Waals surface area contributed by atoms with Gasteiger partial charge in [-0.05, 0) is 31.5 Å². The molecule has 2 aromatic carbocycles. The van der Waals surface area contributed by atoms with Crippen molar-refractivity contribution in [1.29, 1.82) is 0 Å². The molecule has 0 spiro atoms. The second-order valence-corrected chi connectivity index (χ2v) is 5.74. The molecule has 2 amide bonds. The average molecular weight is 325 g/mol. The Labute approximate surface area is 140 Å². The Kier molecular flexibility index (Phi) is 4.51. The van der Waals surface area contributed by atoms with Crippen molar-refractivity contribution in [2.75, 3.05) is 0 Å². The van der Waals surface area contributed by atoms with Crippen molar-refractivity contribution < 1.29 is 19.1 Å². The quantitative estimate of drug-likeness (QED) is 0.862. The fraction of sp³-hybridized carbons (Fsp3) is 0.263. The van der Waals surface area contributed by atoms with Crippen LogP contribution in [0.3, 0.4) is 0 Å². The highest BCUT2D eigenvalue weighted by Crippen LogP contribution is 2.32. The Balaban J connectivity index is 1.74. The smallest absolute Gasteiger partial charge is 0.417 e. The molecule has 0 N–H and O–H groups in total. The molecule has 1 fully saturated rings. The summed E-state index contributed by atoms with van der Waals surface area (Å²) in [5, 5.41) is 0. The van der Waals surface area contributed by atoms with Gasteiger partial charge in [0.1, 0.15) is 11.9 Å². The third-order valence-corrected chi connectivity index (χ3v) is 4.04. The number of amides is 2. The van der Waals surface area contributed by atoms with E-state index in [-0.39, 0.29) is 0 Å². The summed E-state index contributed by atoms with van der Waals surface area (Å²) in [7, 11) is 0. The Bertz CT molecular complexity index is 717. The lowest BCUT2D eigenvalue weighted by atomic mass is 10.0. The van der Waals surface area contributed by atoms with E-state index >= 15 is 0 Å². The number of imide groups is 1. The Hall–Kier alpha value is -2.82. The van der Waals surface area contributed by atoms with E-state index in [9.17, 15) is 9.59 Å². The highest BCUT2D eigenvalue weighted by Gasteiger charge is 2.45. The molecule has 1 saturated heterocycles. The minimum atomic E-state index is -0.781. The predicted octanol–water partition coefficient (Wildman–Crippen LogP) is 3.56. The molecule has 0 bridgehead atoms. The molecule has 0 aromatic heterocycles. The highest BCUT2D eigenvalue weighted by molar-refractivity contribution is 5.96. The Morgan fingerprint density at radius 2 is 1.67 bits per heavy atom. The third kappa shape index (κ3) is 3.11. The fourth-order valence-electron chi connectivity index (χ4n) is 2.79. The van der Waals surface area contributed by atoms with Crippen LogP contribution in [0.4, 0.5) is 4.79 Å². The first-order valence-electron chi connectivity index (χ1n) is 7.88. The van der Waals surface area contributed by atoms with Gasteiger partial charge in [0, 0.05) is 0 Å². The molecule has 1 aliphatic heterocycles. The minimum absolute atomic E-state index is 0.394. The number of para-hydroxylation sites is 1. The summed E-state index contributed by atoms with van der Waals surface area (Å²) in [6.45, 7) is 3.43. The molecular formula is C19H19NO4. The molecule has 0 aliphatic carbocycles. The van der Waals surface area contributed by atoms with Crippen LogP contribution < -0.4 is 4.74 Å². The van der Waals surface area contributed by atoms with Gasteiger partial charge in [0.2, 0.25) is 0 Å². The van der Waals surface area contributed by atoms with Crippen molar-refractivity contribution in [3.05, 3.63) is 66.2 Å². The van der Waals surface area contributed by atoms with E-state index in [1.807, 2.05) is 48.5 Å². The monoisotopic (exact) mass is 325 g/mol. The van der Waals surface area contributed by atoms with Crippen molar-refractivity contribution in [3.8, 4) is 5.75 Å². The molecule has 3 atom stereocenters. The molecule has 124 valence electrons. The van der Waals surface area contributed by atoms with E-state index in [0.29, 0.717) is 5.75 Å². The maximum atomic E-state index is 12.6. The molecule has 0 saturated carbocycles. The number of rotatable bonds is 4. The zero-order valence-electron chi connectivity index (χ0n) is 13.6. The first-order valence-corrected chi connectivity index (χ1v) is 7.88. The van der Waals surface area contributed by atoms with Crippen LogP contribution >= 0.6 is 0 Å². The number of hydrogen-bond acceptors (Lipinski definition) is 4. The third-order valence-electron chi connectivity index (χ3n) is 4.04. The standard InChI is InChI=1S/C19H19NO4/c1-13-17(15-9-5-3-6-10-15)24-19(22)20(13)18(21)14(2)23-16-11-7-4-8-12-16/h3-14,17H,1-2H3/t13-,14-,17-/m1/s1. The lowest BCUT2D eigenvalue weighted by Gasteiger charge is -2.23. The molecule has 24 heavy (non-hydrogen) atoms. The summed E-state index contributed by atoms with van der Waals surface area (Å²) in [6.07, 6.45) is -1.88. The van der Waals surface area contributed by atoms with Gasteiger partial charge in [-0.25, -0.2) is 9.69 Å². The van der Waals surface area contributed by atoms with Crippen LogP contribution in [0.2, 0.25) is 0 Å². The normalized spacial score (nSPS) is 21.2. The Morgan fingerprint density at radius 1 is 1.08 bits per heavy atom. The van der Waals surface area contributed by atoms with Crippen molar-refractivity contribution in [1.82, 2.24) is 4.90 Å². The van der Waals surface area contributed by atoms with Crippen LogP contribution in [0.1, 0.15) is 25.5 Å². The first kappa shape index (κ1) is 16.1. The maximum absolute atomic E-state index is 12.6. The van der Waals surface area contributed by atoms with Gasteiger partial charge in [0.25, 0.3) is 5.91 Å². The number of ether oxygens (including phenoxy) is 2. The molecular weight excluding hydrogens is 306 g/mol. The van der Waals surface area contributed by atoms with Crippen LogP contribution in [0.25, 0.3) is 0 Å². The molecule has 5 heteroatoms. The van der Waals surface area contributed by atoms with Crippen LogP contribution in [0, 0.1) is 0 Å². The van der Waals surface area contributed by atoms with Crippen molar-refractivity contribution in [2.24, 2.45) is 0 Å². The second kappa shape index (κ2) is 6.74. The van der Waals surface area contributed by atoms with Crippen molar-refractivity contribution >= 4 is 12.0 Å². The van der Waals surface area contributed by atoms with Gasteiger partial charge in [-0.2, -0.15) is 0 Å². The Morgan fingerprint density at radius 3 is 2.29 bits per heavy atom. The zero-order valence-corrected chi connectivity index (χ0v) is 13.6. The molecule has 3 rings (SSSR count). The summed E-state index contributed by atoms with van der Waals surface area (Å²) in [4.78, 5) is 26.0. The SMILES string of the molecule is C[C@@H]1[C@H](c2ccccc2)OC(=O)N1C(=O)[C@@H](C)Oc1ccccc1. The number of hydrogen-bond donors (Lipinski definition) is 0. The van der Waals surface area contributed by atoms with Gasteiger partial charge in [-0.3, -0.25) is 4.79 Å². The highest BCUT2D eigenvalue weighted by atomic mass is 16.6. The second-order valence-electron chi connectivity index (χ2n) is 5.74. The van der Waals surface area contributed by atoms with E-state index < -0.39 is 30.3 Å². The summed E-state index contributed by atoms with van der Waals surface area (Å²) in [5.41, 5.74) is 0.866. The van der Waals surface area contributed by atoms with Gasteiger partial charge in [0.05, 0.1) is 6.04 Å². The van der Waals surface area contributed by atoms with Crippen LogP contribution in [0.5, 0.6) is 5.75 Å².